The van der Waals surface area contributed by atoms with Crippen LogP contribution in [0.1, 0.15) is 53.8 Å². The van der Waals surface area contributed by atoms with E-state index in [4.69, 9.17) is 27.9 Å². The number of rotatable bonds is 4. The minimum absolute atomic E-state index is 0.107. The highest BCUT2D eigenvalue weighted by atomic mass is 35.5. The number of nitrogens with one attached hydrogen (secondary N) is 1. The molecule has 1 amide bonds. The topological polar surface area (TPSA) is 62.4 Å². The Balaban J connectivity index is 1.66. The van der Waals surface area contributed by atoms with E-state index in [1.165, 1.54) is 0 Å². The molecule has 0 spiro atoms. The smallest absolute Gasteiger partial charge is 0.314 e. The number of carbonyl (C=O) groups excluding carboxylic acids is 2. The summed E-state index contributed by atoms with van der Waals surface area (Å²) in [5, 5.41) is 2.29. The predicted molar refractivity (Wildman–Crippen MR) is 125 cm³/mol. The lowest BCUT2D eigenvalue weighted by Crippen LogP contribution is -2.54. The van der Waals surface area contributed by atoms with Crippen molar-refractivity contribution in [3.63, 3.8) is 0 Å². The summed E-state index contributed by atoms with van der Waals surface area (Å²) >= 11 is 12.3. The Morgan fingerprint density at radius 3 is 2.50 bits per heavy atom. The summed E-state index contributed by atoms with van der Waals surface area (Å²) in [6.45, 7) is 2.64. The molecule has 2 aromatic carbocycles. The van der Waals surface area contributed by atoms with Crippen LogP contribution in [-0.4, -0.2) is 34.9 Å². The van der Waals surface area contributed by atoms with Crippen LogP contribution in [0.5, 0.6) is 0 Å². The van der Waals surface area contributed by atoms with Crippen molar-refractivity contribution in [1.29, 1.82) is 0 Å². The van der Waals surface area contributed by atoms with Crippen molar-refractivity contribution in [2.24, 2.45) is 5.41 Å². The zero-order chi connectivity index (χ0) is 22.5. The summed E-state index contributed by atoms with van der Waals surface area (Å²) < 4.78 is 5.53. The van der Waals surface area contributed by atoms with Crippen LogP contribution in [0.25, 0.3) is 10.9 Å². The van der Waals surface area contributed by atoms with Gasteiger partial charge in [-0.05, 0) is 74.2 Å². The Morgan fingerprint density at radius 1 is 1.12 bits per heavy atom. The third-order valence-corrected chi connectivity index (χ3v) is 7.38. The molecule has 0 saturated heterocycles. The summed E-state index contributed by atoms with van der Waals surface area (Å²) in [6, 6.07) is 12.2. The summed E-state index contributed by atoms with van der Waals surface area (Å²) in [6.07, 6.45) is 3.00. The minimum atomic E-state index is -0.752. The van der Waals surface area contributed by atoms with Crippen molar-refractivity contribution in [2.75, 3.05) is 13.2 Å². The highest BCUT2D eigenvalue weighted by Gasteiger charge is 2.57. The number of carbonyl (C=O) groups is 2. The van der Waals surface area contributed by atoms with Crippen molar-refractivity contribution >= 4 is 46.0 Å². The van der Waals surface area contributed by atoms with E-state index in [0.29, 0.717) is 48.0 Å². The van der Waals surface area contributed by atoms with Gasteiger partial charge in [0.25, 0.3) is 5.91 Å². The average Bonchev–Trinajstić information content (AvgIpc) is 3.11. The van der Waals surface area contributed by atoms with Gasteiger partial charge < -0.3 is 14.6 Å². The molecule has 1 aliphatic heterocycles. The van der Waals surface area contributed by atoms with E-state index >= 15 is 0 Å². The van der Waals surface area contributed by atoms with Crippen molar-refractivity contribution in [3.05, 3.63) is 69.3 Å². The monoisotopic (exact) mass is 470 g/mol. The number of aromatic nitrogens is 1. The number of esters is 1. The van der Waals surface area contributed by atoms with Gasteiger partial charge in [0.15, 0.2) is 0 Å². The Kier molecular flexibility index (Phi) is 5.42. The molecule has 0 radical (unpaired) electrons. The van der Waals surface area contributed by atoms with Gasteiger partial charge in [-0.1, -0.05) is 29.6 Å². The van der Waals surface area contributed by atoms with Gasteiger partial charge >= 0.3 is 5.97 Å². The zero-order valence-corrected chi connectivity index (χ0v) is 19.3. The first-order valence-electron chi connectivity index (χ1n) is 11.0. The van der Waals surface area contributed by atoms with E-state index in [-0.39, 0.29) is 11.9 Å². The number of amides is 1. The van der Waals surface area contributed by atoms with Crippen LogP contribution < -0.4 is 0 Å². The van der Waals surface area contributed by atoms with E-state index in [1.807, 2.05) is 30.0 Å². The third-order valence-electron chi connectivity index (χ3n) is 6.89. The molecule has 1 N–H and O–H groups in total. The van der Waals surface area contributed by atoms with Crippen LogP contribution in [0, 0.1) is 5.41 Å². The predicted octanol–water partition coefficient (Wildman–Crippen LogP) is 5.95. The third kappa shape index (κ3) is 3.30. The first kappa shape index (κ1) is 21.4. The molecule has 5 rings (SSSR count). The second-order valence-electron chi connectivity index (χ2n) is 8.60. The van der Waals surface area contributed by atoms with Crippen LogP contribution in [0.4, 0.5) is 0 Å². The number of hydrogen-bond acceptors (Lipinski definition) is 3. The van der Waals surface area contributed by atoms with Crippen LogP contribution in [0.3, 0.4) is 0 Å². The highest BCUT2D eigenvalue weighted by Crippen LogP contribution is 2.56. The molecule has 1 aromatic heterocycles. The van der Waals surface area contributed by atoms with Crippen LogP contribution >= 0.6 is 23.2 Å². The van der Waals surface area contributed by atoms with Gasteiger partial charge in [0, 0.05) is 38.8 Å². The van der Waals surface area contributed by atoms with Crippen molar-refractivity contribution in [2.45, 2.75) is 38.6 Å². The van der Waals surface area contributed by atoms with Crippen molar-refractivity contribution in [3.8, 4) is 0 Å². The van der Waals surface area contributed by atoms with Crippen LogP contribution in [0.15, 0.2) is 42.5 Å². The van der Waals surface area contributed by atoms with E-state index in [0.717, 1.165) is 28.6 Å². The molecule has 1 fully saturated rings. The molecule has 5 nitrogen and oxygen atoms in total. The first-order valence-corrected chi connectivity index (χ1v) is 11.7. The Hall–Kier alpha value is -2.50. The van der Waals surface area contributed by atoms with Gasteiger partial charge in [-0.15, -0.1) is 0 Å². The van der Waals surface area contributed by atoms with Crippen molar-refractivity contribution in [1.82, 2.24) is 9.88 Å². The fourth-order valence-electron chi connectivity index (χ4n) is 5.23. The molecular formula is C25H24Cl2N2O3. The number of H-pyrrole nitrogens is 1. The maximum Gasteiger partial charge on any atom is 0.314 e. The number of ether oxygens (including phenoxy) is 1. The van der Waals surface area contributed by atoms with Gasteiger partial charge in [0.1, 0.15) is 0 Å². The number of benzene rings is 2. The van der Waals surface area contributed by atoms with E-state index in [1.54, 1.807) is 24.3 Å². The quantitative estimate of drug-likeness (QED) is 0.479. The molecule has 2 aliphatic rings. The maximum absolute atomic E-state index is 13.7. The molecule has 1 aliphatic carbocycles. The van der Waals surface area contributed by atoms with Gasteiger partial charge in [0.2, 0.25) is 0 Å². The maximum atomic E-state index is 13.7. The molecular weight excluding hydrogens is 447 g/mol. The van der Waals surface area contributed by atoms with Gasteiger partial charge in [0.05, 0.1) is 18.1 Å². The SMILES string of the molecule is CCOC(=O)C1(C2c3[nH]c4ccc(Cl)cc4c3CCN2C(=O)c2ccc(Cl)cc2)CCC1. The summed E-state index contributed by atoms with van der Waals surface area (Å²) in [7, 11) is 0. The van der Waals surface area contributed by atoms with Gasteiger partial charge in [-0.2, -0.15) is 0 Å². The Labute approximate surface area is 196 Å². The Bertz CT molecular complexity index is 1200. The number of fused-ring (bicyclic) bond motifs is 3. The lowest BCUT2D eigenvalue weighted by Gasteiger charge is -2.51. The molecule has 3 aromatic rings. The lowest BCUT2D eigenvalue weighted by molar-refractivity contribution is -0.168. The fraction of sp³-hybridized carbons (Fsp3) is 0.360. The fourth-order valence-corrected chi connectivity index (χ4v) is 5.53. The van der Waals surface area contributed by atoms with Gasteiger partial charge in [-0.3, -0.25) is 9.59 Å². The average molecular weight is 471 g/mol. The molecule has 7 heteroatoms. The van der Waals surface area contributed by atoms with E-state index in [9.17, 15) is 9.59 Å². The summed E-state index contributed by atoms with van der Waals surface area (Å²) in [5.74, 6) is -0.334. The molecule has 1 unspecified atom stereocenters. The lowest BCUT2D eigenvalue weighted by atomic mass is 9.61. The second-order valence-corrected chi connectivity index (χ2v) is 9.47. The molecule has 2 heterocycles. The van der Waals surface area contributed by atoms with E-state index in [2.05, 4.69) is 4.98 Å². The van der Waals surface area contributed by atoms with Crippen LogP contribution in [-0.2, 0) is 16.0 Å². The highest BCUT2D eigenvalue weighted by molar-refractivity contribution is 6.31. The summed E-state index contributed by atoms with van der Waals surface area (Å²) in [5.41, 5.74) is 2.81. The number of halogens is 2. The standard InChI is InChI=1S/C25H24Cl2N2O3/c1-2-32-24(31)25(11-3-12-25)22-21-18(19-14-17(27)8-9-20(19)28-21)10-13-29(22)23(30)15-4-6-16(26)7-5-15/h4-9,14,22,28H,2-3,10-13H2,1H3. The normalized spacial score (nSPS) is 19.3. The molecule has 1 atom stereocenters. The number of aromatic amines is 1. The van der Waals surface area contributed by atoms with Gasteiger partial charge in [-0.25, -0.2) is 0 Å². The summed E-state index contributed by atoms with van der Waals surface area (Å²) in [4.78, 5) is 32.3. The Morgan fingerprint density at radius 2 is 1.84 bits per heavy atom. The molecule has 0 bridgehead atoms. The minimum Gasteiger partial charge on any atom is -0.465 e. The van der Waals surface area contributed by atoms with Crippen molar-refractivity contribution < 1.29 is 14.3 Å². The number of hydrogen-bond donors (Lipinski definition) is 1. The first-order chi connectivity index (χ1) is 15.4. The number of nitrogens with zero attached hydrogens (tertiary/aromatic N) is 1. The van der Waals surface area contributed by atoms with E-state index < -0.39 is 11.5 Å². The molecule has 32 heavy (non-hydrogen) atoms. The molecule has 166 valence electrons. The second kappa shape index (κ2) is 8.13. The molecule has 1 saturated carbocycles. The largest absolute Gasteiger partial charge is 0.465 e. The van der Waals surface area contributed by atoms with Crippen LogP contribution in [0.2, 0.25) is 10.0 Å². The zero-order valence-electron chi connectivity index (χ0n) is 17.8.